The topological polar surface area (TPSA) is 74.8 Å². The Morgan fingerprint density at radius 1 is 1.09 bits per heavy atom. The fourth-order valence-corrected chi connectivity index (χ4v) is 5.98. The molecular weight excluding hydrogens is 471 g/mol. The quantitative estimate of drug-likeness (QED) is 0.537. The minimum Gasteiger partial charge on any atom is -0.339 e. The number of amides is 1. The Labute approximate surface area is 199 Å². The van der Waals surface area contributed by atoms with E-state index in [1.165, 1.54) is 23.4 Å². The molecule has 0 aliphatic carbocycles. The second-order valence-corrected chi connectivity index (χ2v) is 10.8. The molecule has 9 heteroatoms. The lowest BCUT2D eigenvalue weighted by molar-refractivity contribution is -0.137. The third-order valence-corrected chi connectivity index (χ3v) is 8.48. The summed E-state index contributed by atoms with van der Waals surface area (Å²) in [7, 11) is -2.00. The highest BCUT2D eigenvalue weighted by atomic mass is 35.5. The zero-order chi connectivity index (χ0) is 23.6. The lowest BCUT2D eigenvalue weighted by Gasteiger charge is -2.34. The molecule has 1 amide bonds. The summed E-state index contributed by atoms with van der Waals surface area (Å²) in [6, 6.07) is 11.0. The van der Waals surface area contributed by atoms with E-state index in [-0.39, 0.29) is 41.6 Å². The minimum atomic E-state index is -3.73. The van der Waals surface area contributed by atoms with Gasteiger partial charge >= 0.3 is 0 Å². The summed E-state index contributed by atoms with van der Waals surface area (Å²) < 4.78 is 27.4. The van der Waals surface area contributed by atoms with E-state index < -0.39 is 10.0 Å². The van der Waals surface area contributed by atoms with Crippen LogP contribution in [0.3, 0.4) is 0 Å². The first kappa shape index (κ1) is 24.7. The molecule has 0 N–H and O–H groups in total. The van der Waals surface area contributed by atoms with Gasteiger partial charge in [0.05, 0.1) is 10.9 Å². The number of hydrogen-bond acceptors (Lipinski definition) is 4. The van der Waals surface area contributed by atoms with Crippen LogP contribution in [-0.4, -0.2) is 49.5 Å². The molecule has 0 bridgehead atoms. The van der Waals surface area contributed by atoms with Crippen LogP contribution in [0, 0.1) is 5.92 Å². The highest BCUT2D eigenvalue weighted by Gasteiger charge is 2.34. The van der Waals surface area contributed by atoms with Crippen LogP contribution in [0.2, 0.25) is 10.0 Å². The molecule has 1 heterocycles. The summed E-state index contributed by atoms with van der Waals surface area (Å²) >= 11 is 12.3. The third-order valence-electron chi connectivity index (χ3n) is 6.02. The number of rotatable bonds is 6. The molecule has 172 valence electrons. The molecule has 0 saturated carbocycles. The van der Waals surface area contributed by atoms with Gasteiger partial charge in [-0.3, -0.25) is 9.59 Å². The average molecular weight is 497 g/mol. The average Bonchev–Trinajstić information content (AvgIpc) is 2.77. The Hall–Kier alpha value is -1.93. The van der Waals surface area contributed by atoms with E-state index >= 15 is 0 Å². The van der Waals surface area contributed by atoms with E-state index in [0.717, 1.165) is 5.56 Å². The van der Waals surface area contributed by atoms with Crippen molar-refractivity contribution in [2.24, 2.45) is 5.92 Å². The van der Waals surface area contributed by atoms with Crippen molar-refractivity contribution in [2.45, 2.75) is 37.6 Å². The molecule has 0 spiro atoms. The summed E-state index contributed by atoms with van der Waals surface area (Å²) in [6.07, 6.45) is 0.853. The van der Waals surface area contributed by atoms with E-state index in [0.29, 0.717) is 28.5 Å². The molecule has 3 rings (SSSR count). The van der Waals surface area contributed by atoms with Crippen molar-refractivity contribution in [2.75, 3.05) is 20.1 Å². The maximum absolute atomic E-state index is 13.1. The van der Waals surface area contributed by atoms with Crippen LogP contribution >= 0.6 is 23.2 Å². The van der Waals surface area contributed by atoms with E-state index in [2.05, 4.69) is 0 Å². The van der Waals surface area contributed by atoms with Gasteiger partial charge in [-0.2, -0.15) is 4.31 Å². The number of carbonyl (C=O) groups is 2. The van der Waals surface area contributed by atoms with Crippen LogP contribution in [0.5, 0.6) is 0 Å². The van der Waals surface area contributed by atoms with E-state index in [1.54, 1.807) is 36.2 Å². The number of nitrogens with zero attached hydrogens (tertiary/aromatic N) is 2. The number of hydrogen-bond donors (Lipinski definition) is 0. The number of sulfonamides is 1. The number of halogens is 2. The molecular formula is C23H26Cl2N2O4S. The van der Waals surface area contributed by atoms with Gasteiger partial charge in [0.2, 0.25) is 15.9 Å². The summed E-state index contributed by atoms with van der Waals surface area (Å²) in [4.78, 5) is 26.4. The highest BCUT2D eigenvalue weighted by molar-refractivity contribution is 7.89. The second-order valence-electron chi connectivity index (χ2n) is 8.05. The van der Waals surface area contributed by atoms with E-state index in [9.17, 15) is 18.0 Å². The van der Waals surface area contributed by atoms with Gasteiger partial charge < -0.3 is 4.90 Å². The van der Waals surface area contributed by atoms with Gasteiger partial charge in [-0.15, -0.1) is 0 Å². The Bertz CT molecular complexity index is 1130. The molecule has 2 aromatic carbocycles. The normalized spacial score (nSPS) is 16.5. The summed E-state index contributed by atoms with van der Waals surface area (Å²) in [5.41, 5.74) is 1.16. The molecule has 1 unspecified atom stereocenters. The first-order valence-electron chi connectivity index (χ1n) is 10.3. The van der Waals surface area contributed by atoms with Crippen molar-refractivity contribution in [3.05, 3.63) is 63.6 Å². The Kier molecular flexibility index (Phi) is 7.65. The van der Waals surface area contributed by atoms with Crippen molar-refractivity contribution >= 4 is 44.9 Å². The molecule has 2 aromatic rings. The van der Waals surface area contributed by atoms with Gasteiger partial charge in [0.15, 0.2) is 5.78 Å². The SMILES string of the molecule is CC(=O)c1cccc(S(=O)(=O)N2CCC(C(=O)N(C)C(C)c3ccc(Cl)cc3Cl)CC2)c1. The van der Waals surface area contributed by atoms with Gasteiger partial charge in [0.1, 0.15) is 0 Å². The first-order valence-corrected chi connectivity index (χ1v) is 12.5. The molecule has 6 nitrogen and oxygen atoms in total. The van der Waals surface area contributed by atoms with Crippen LogP contribution in [0.4, 0.5) is 0 Å². The Morgan fingerprint density at radius 3 is 2.34 bits per heavy atom. The smallest absolute Gasteiger partial charge is 0.243 e. The van der Waals surface area contributed by atoms with Crippen LogP contribution in [0.1, 0.15) is 48.7 Å². The Balaban J connectivity index is 1.67. The van der Waals surface area contributed by atoms with Crippen molar-refractivity contribution in [1.29, 1.82) is 0 Å². The molecule has 0 radical (unpaired) electrons. The number of ketones is 1. The summed E-state index contributed by atoms with van der Waals surface area (Å²) in [5, 5.41) is 1.03. The zero-order valence-corrected chi connectivity index (χ0v) is 20.5. The molecule has 32 heavy (non-hydrogen) atoms. The van der Waals surface area contributed by atoms with Crippen molar-refractivity contribution in [1.82, 2.24) is 9.21 Å². The number of benzene rings is 2. The van der Waals surface area contributed by atoms with Gasteiger partial charge in [0.25, 0.3) is 0 Å². The van der Waals surface area contributed by atoms with Crippen molar-refractivity contribution in [3.63, 3.8) is 0 Å². The summed E-state index contributed by atoms with van der Waals surface area (Å²) in [5.74, 6) is -0.507. The highest BCUT2D eigenvalue weighted by Crippen LogP contribution is 2.32. The predicted molar refractivity (Wildman–Crippen MR) is 126 cm³/mol. The molecule has 1 fully saturated rings. The van der Waals surface area contributed by atoms with Gasteiger partial charge in [-0.1, -0.05) is 41.4 Å². The monoisotopic (exact) mass is 496 g/mol. The number of Topliss-reactive ketones (excluding diaryl/α,β-unsaturated/α-hetero) is 1. The van der Waals surface area contributed by atoms with E-state index in [4.69, 9.17) is 23.2 Å². The van der Waals surface area contributed by atoms with Crippen LogP contribution in [0.25, 0.3) is 0 Å². The number of piperidine rings is 1. The maximum Gasteiger partial charge on any atom is 0.243 e. The van der Waals surface area contributed by atoms with Crippen molar-refractivity contribution in [3.8, 4) is 0 Å². The third kappa shape index (κ3) is 5.17. The van der Waals surface area contributed by atoms with Crippen LogP contribution < -0.4 is 0 Å². The maximum atomic E-state index is 13.1. The fraction of sp³-hybridized carbons (Fsp3) is 0.391. The molecule has 1 saturated heterocycles. The van der Waals surface area contributed by atoms with E-state index in [1.807, 2.05) is 13.0 Å². The standard InChI is InChI=1S/C23H26Cl2N2O4S/c1-15(21-8-7-19(24)14-22(21)25)26(3)23(29)17-9-11-27(12-10-17)32(30,31)20-6-4-5-18(13-20)16(2)28/h4-8,13-15,17H,9-12H2,1-3H3. The molecule has 1 atom stereocenters. The molecule has 1 aliphatic heterocycles. The van der Waals surface area contributed by atoms with Crippen LogP contribution in [0.15, 0.2) is 47.4 Å². The molecule has 1 aliphatic rings. The zero-order valence-electron chi connectivity index (χ0n) is 18.2. The van der Waals surface area contributed by atoms with Gasteiger partial charge in [-0.25, -0.2) is 8.42 Å². The largest absolute Gasteiger partial charge is 0.339 e. The minimum absolute atomic E-state index is 0.0425. The van der Waals surface area contributed by atoms with Gasteiger partial charge in [-0.05, 0) is 56.5 Å². The molecule has 0 aromatic heterocycles. The second kappa shape index (κ2) is 9.91. The predicted octanol–water partition coefficient (Wildman–Crippen LogP) is 4.82. The first-order chi connectivity index (χ1) is 15.0. The Morgan fingerprint density at radius 2 is 1.75 bits per heavy atom. The van der Waals surface area contributed by atoms with Gasteiger partial charge in [0, 0.05) is 41.7 Å². The fourth-order valence-electron chi connectivity index (χ4n) is 3.90. The lowest BCUT2D eigenvalue weighted by Crippen LogP contribution is -2.44. The summed E-state index contributed by atoms with van der Waals surface area (Å²) in [6.45, 7) is 3.78. The lowest BCUT2D eigenvalue weighted by atomic mass is 9.95. The van der Waals surface area contributed by atoms with Crippen molar-refractivity contribution < 1.29 is 18.0 Å². The van der Waals surface area contributed by atoms with Crippen LogP contribution in [-0.2, 0) is 14.8 Å². The number of carbonyl (C=O) groups excluding carboxylic acids is 2.